The third-order valence-corrected chi connectivity index (χ3v) is 5.07. The molecular formula is C20H17ClFN3O2. The van der Waals surface area contributed by atoms with Crippen molar-refractivity contribution in [3.63, 3.8) is 0 Å². The topological polar surface area (TPSA) is 64.0 Å². The molecule has 2 aromatic carbocycles. The molecule has 0 spiro atoms. The predicted molar refractivity (Wildman–Crippen MR) is 103 cm³/mol. The number of fused-ring (bicyclic) bond motifs is 2. The summed E-state index contributed by atoms with van der Waals surface area (Å²) in [6, 6.07) is 9.12. The second-order valence-electron chi connectivity index (χ2n) is 6.58. The van der Waals surface area contributed by atoms with Crippen molar-refractivity contribution in [3.8, 4) is 0 Å². The second kappa shape index (κ2) is 7.12. The van der Waals surface area contributed by atoms with E-state index in [1.165, 1.54) is 12.1 Å². The van der Waals surface area contributed by atoms with Gasteiger partial charge in [0.2, 0.25) is 0 Å². The number of carbonyl (C=O) groups is 1. The van der Waals surface area contributed by atoms with Gasteiger partial charge in [0, 0.05) is 18.5 Å². The van der Waals surface area contributed by atoms with Gasteiger partial charge in [-0.15, -0.1) is 0 Å². The van der Waals surface area contributed by atoms with Gasteiger partial charge in [-0.05, 0) is 43.2 Å². The fourth-order valence-corrected chi connectivity index (χ4v) is 3.53. The smallest absolute Gasteiger partial charge is 0.261 e. The molecule has 1 N–H and O–H groups in total. The highest BCUT2D eigenvalue weighted by molar-refractivity contribution is 6.31. The Morgan fingerprint density at radius 2 is 2.04 bits per heavy atom. The highest BCUT2D eigenvalue weighted by Crippen LogP contribution is 2.23. The van der Waals surface area contributed by atoms with Crippen LogP contribution < -0.4 is 10.9 Å². The van der Waals surface area contributed by atoms with E-state index in [-0.39, 0.29) is 16.3 Å². The number of aryl methyl sites for hydroxylation is 1. The van der Waals surface area contributed by atoms with E-state index in [9.17, 15) is 14.0 Å². The molecule has 2 heterocycles. The minimum Gasteiger partial charge on any atom is -0.319 e. The van der Waals surface area contributed by atoms with Crippen molar-refractivity contribution < 1.29 is 9.18 Å². The molecule has 1 amide bonds. The van der Waals surface area contributed by atoms with Gasteiger partial charge >= 0.3 is 0 Å². The number of aromatic nitrogens is 2. The molecule has 1 aliphatic heterocycles. The van der Waals surface area contributed by atoms with Gasteiger partial charge < -0.3 is 5.32 Å². The second-order valence-corrected chi connectivity index (χ2v) is 6.99. The SMILES string of the molecule is O=C(Nc1cccc(Cl)c1F)c1ccc2c(=O)n3c(nc2c1)CCCCC3. The van der Waals surface area contributed by atoms with Crippen molar-refractivity contribution >= 4 is 34.1 Å². The summed E-state index contributed by atoms with van der Waals surface area (Å²) >= 11 is 5.75. The molecule has 27 heavy (non-hydrogen) atoms. The third kappa shape index (κ3) is 3.32. The number of hydrogen-bond donors (Lipinski definition) is 1. The van der Waals surface area contributed by atoms with E-state index in [1.54, 1.807) is 28.8 Å². The van der Waals surface area contributed by atoms with Gasteiger partial charge in [0.25, 0.3) is 11.5 Å². The zero-order chi connectivity index (χ0) is 19.0. The van der Waals surface area contributed by atoms with E-state index >= 15 is 0 Å². The van der Waals surface area contributed by atoms with E-state index in [0.29, 0.717) is 23.0 Å². The van der Waals surface area contributed by atoms with Crippen LogP contribution in [0.3, 0.4) is 0 Å². The van der Waals surface area contributed by atoms with Crippen LogP contribution >= 0.6 is 11.6 Å². The molecule has 0 saturated heterocycles. The Morgan fingerprint density at radius 3 is 2.89 bits per heavy atom. The highest BCUT2D eigenvalue weighted by atomic mass is 35.5. The molecule has 3 aromatic rings. The zero-order valence-corrected chi connectivity index (χ0v) is 15.2. The largest absolute Gasteiger partial charge is 0.319 e. The number of hydrogen-bond acceptors (Lipinski definition) is 3. The maximum Gasteiger partial charge on any atom is 0.261 e. The van der Waals surface area contributed by atoms with Crippen LogP contribution in [0.15, 0.2) is 41.2 Å². The van der Waals surface area contributed by atoms with Crippen molar-refractivity contribution in [3.05, 3.63) is 69.0 Å². The Hall–Kier alpha value is -2.73. The van der Waals surface area contributed by atoms with Crippen molar-refractivity contribution in [1.82, 2.24) is 9.55 Å². The van der Waals surface area contributed by atoms with E-state index < -0.39 is 11.7 Å². The lowest BCUT2D eigenvalue weighted by Gasteiger charge is -2.11. The summed E-state index contributed by atoms with van der Waals surface area (Å²) < 4.78 is 15.7. The monoisotopic (exact) mass is 385 g/mol. The Kier molecular flexibility index (Phi) is 4.66. The van der Waals surface area contributed by atoms with Gasteiger partial charge in [0.15, 0.2) is 5.82 Å². The van der Waals surface area contributed by atoms with Gasteiger partial charge in [0.05, 0.1) is 21.6 Å². The summed E-state index contributed by atoms with van der Waals surface area (Å²) in [7, 11) is 0. The maximum atomic E-state index is 14.0. The van der Waals surface area contributed by atoms with Crippen molar-refractivity contribution in [2.45, 2.75) is 32.2 Å². The van der Waals surface area contributed by atoms with Crippen LogP contribution in [-0.2, 0) is 13.0 Å². The molecule has 0 atom stereocenters. The first-order valence-corrected chi connectivity index (χ1v) is 9.21. The number of nitrogens with zero attached hydrogens (tertiary/aromatic N) is 2. The molecule has 138 valence electrons. The summed E-state index contributed by atoms with van der Waals surface area (Å²) in [4.78, 5) is 29.9. The molecular weight excluding hydrogens is 369 g/mol. The number of rotatable bonds is 2. The molecule has 0 radical (unpaired) electrons. The number of carbonyl (C=O) groups excluding carboxylic acids is 1. The predicted octanol–water partition coefficient (Wildman–Crippen LogP) is 4.17. The molecule has 1 aromatic heterocycles. The Balaban J connectivity index is 1.72. The number of nitrogens with one attached hydrogen (secondary N) is 1. The first-order chi connectivity index (χ1) is 13.0. The van der Waals surface area contributed by atoms with E-state index in [2.05, 4.69) is 10.3 Å². The van der Waals surface area contributed by atoms with E-state index in [1.807, 2.05) is 0 Å². The molecule has 4 rings (SSSR count). The standard InChI is InChI=1S/C20H17ClFN3O2/c21-14-5-4-6-15(18(14)22)24-19(26)12-8-9-13-16(11-12)23-17-7-2-1-3-10-25(17)20(13)27/h4-6,8-9,11H,1-3,7,10H2,(H,24,26). The fourth-order valence-electron chi connectivity index (χ4n) is 3.35. The average molecular weight is 386 g/mol. The molecule has 0 bridgehead atoms. The van der Waals surface area contributed by atoms with Crippen LogP contribution in [0.2, 0.25) is 5.02 Å². The molecule has 0 fully saturated rings. The summed E-state index contributed by atoms with van der Waals surface area (Å²) in [5, 5.41) is 2.92. The van der Waals surface area contributed by atoms with Crippen LogP contribution in [-0.4, -0.2) is 15.5 Å². The highest BCUT2D eigenvalue weighted by Gasteiger charge is 2.16. The van der Waals surface area contributed by atoms with Gasteiger partial charge in [0.1, 0.15) is 5.82 Å². The van der Waals surface area contributed by atoms with Gasteiger partial charge in [-0.1, -0.05) is 24.1 Å². The fraction of sp³-hybridized carbons (Fsp3) is 0.250. The summed E-state index contributed by atoms with van der Waals surface area (Å²) in [6.07, 6.45) is 3.77. The van der Waals surface area contributed by atoms with E-state index in [0.717, 1.165) is 31.5 Å². The summed E-state index contributed by atoms with van der Waals surface area (Å²) in [5.74, 6) is -0.423. The molecule has 5 nitrogen and oxygen atoms in total. The first-order valence-electron chi connectivity index (χ1n) is 8.83. The zero-order valence-electron chi connectivity index (χ0n) is 14.5. The van der Waals surface area contributed by atoms with Gasteiger partial charge in [-0.3, -0.25) is 14.2 Å². The van der Waals surface area contributed by atoms with Gasteiger partial charge in [-0.25, -0.2) is 9.37 Å². The van der Waals surface area contributed by atoms with E-state index in [4.69, 9.17) is 11.6 Å². The molecule has 0 saturated carbocycles. The van der Waals surface area contributed by atoms with Crippen LogP contribution in [0, 0.1) is 5.82 Å². The molecule has 1 aliphatic rings. The molecule has 0 unspecified atom stereocenters. The number of benzene rings is 2. The number of amides is 1. The lowest BCUT2D eigenvalue weighted by Crippen LogP contribution is -2.24. The quantitative estimate of drug-likeness (QED) is 0.720. The Bertz CT molecular complexity index is 1110. The first kappa shape index (κ1) is 17.7. The number of halogens is 2. The van der Waals surface area contributed by atoms with Crippen LogP contribution in [0.1, 0.15) is 35.4 Å². The average Bonchev–Trinajstić information content (AvgIpc) is 2.91. The van der Waals surface area contributed by atoms with Crippen molar-refractivity contribution in [2.24, 2.45) is 0 Å². The minimum absolute atomic E-state index is 0.00236. The Labute approximate surface area is 159 Å². The Morgan fingerprint density at radius 1 is 1.19 bits per heavy atom. The van der Waals surface area contributed by atoms with Crippen LogP contribution in [0.5, 0.6) is 0 Å². The summed E-state index contributed by atoms with van der Waals surface area (Å²) in [5.41, 5.74) is 0.701. The lowest BCUT2D eigenvalue weighted by molar-refractivity contribution is 0.102. The number of anilines is 1. The normalized spacial score (nSPS) is 13.9. The molecule has 0 aliphatic carbocycles. The minimum atomic E-state index is -0.685. The van der Waals surface area contributed by atoms with Crippen LogP contribution in [0.25, 0.3) is 10.9 Å². The van der Waals surface area contributed by atoms with Crippen molar-refractivity contribution in [2.75, 3.05) is 5.32 Å². The van der Waals surface area contributed by atoms with Gasteiger partial charge in [-0.2, -0.15) is 0 Å². The third-order valence-electron chi connectivity index (χ3n) is 4.78. The lowest BCUT2D eigenvalue weighted by atomic mass is 10.1. The molecule has 7 heteroatoms. The maximum absolute atomic E-state index is 14.0. The summed E-state index contributed by atoms with van der Waals surface area (Å²) in [6.45, 7) is 0.674. The van der Waals surface area contributed by atoms with Crippen molar-refractivity contribution in [1.29, 1.82) is 0 Å². The van der Waals surface area contributed by atoms with Crippen LogP contribution in [0.4, 0.5) is 10.1 Å².